The highest BCUT2D eigenvalue weighted by atomic mass is 79.9. The fourth-order valence-electron chi connectivity index (χ4n) is 2.04. The first kappa shape index (κ1) is 13.2. The Labute approximate surface area is 128 Å². The number of para-hydroxylation sites is 1. The first-order valence-electron chi connectivity index (χ1n) is 5.93. The van der Waals surface area contributed by atoms with Crippen molar-refractivity contribution in [2.75, 3.05) is 0 Å². The number of hydrogen-bond acceptors (Lipinski definition) is 2. The van der Waals surface area contributed by atoms with Crippen LogP contribution in [0.5, 0.6) is 0 Å². The summed E-state index contributed by atoms with van der Waals surface area (Å²) < 4.78 is 1.14. The van der Waals surface area contributed by atoms with Crippen molar-refractivity contribution in [1.29, 1.82) is 0 Å². The summed E-state index contributed by atoms with van der Waals surface area (Å²) in [6.07, 6.45) is 0. The first-order chi connectivity index (χ1) is 9.24. The molecule has 0 amide bonds. The zero-order valence-corrected chi connectivity index (χ0v) is 13.2. The number of rotatable bonds is 4. The molecule has 0 fully saturated rings. The minimum absolute atomic E-state index is 0.739. The van der Waals surface area contributed by atoms with E-state index in [9.17, 15) is 0 Å². The van der Waals surface area contributed by atoms with Crippen molar-refractivity contribution in [3.63, 3.8) is 0 Å². The summed E-state index contributed by atoms with van der Waals surface area (Å²) >= 11 is 11.6. The van der Waals surface area contributed by atoms with Crippen LogP contribution in [0.4, 0.5) is 0 Å². The molecule has 2 N–H and O–H groups in total. The Morgan fingerprint density at radius 1 is 1.26 bits per heavy atom. The van der Waals surface area contributed by atoms with Crippen LogP contribution in [0.3, 0.4) is 0 Å². The molecule has 2 nitrogen and oxygen atoms in total. The zero-order chi connectivity index (χ0) is 13.2. The second kappa shape index (κ2) is 5.67. The van der Waals surface area contributed by atoms with Crippen molar-refractivity contribution in [2.24, 2.45) is 0 Å². The average Bonchev–Trinajstić information content (AvgIpc) is 2.96. The Balaban J connectivity index is 1.70. The number of fused-ring (bicyclic) bond motifs is 1. The molecule has 0 aliphatic heterocycles. The number of H-pyrrole nitrogens is 1. The van der Waals surface area contributed by atoms with E-state index in [1.165, 1.54) is 4.88 Å². The number of aromatic amines is 1. The Hall–Kier alpha value is -0.810. The van der Waals surface area contributed by atoms with Gasteiger partial charge in [0.15, 0.2) is 0 Å². The van der Waals surface area contributed by atoms with E-state index in [2.05, 4.69) is 37.7 Å². The molecule has 0 saturated heterocycles. The van der Waals surface area contributed by atoms with Gasteiger partial charge in [-0.25, -0.2) is 0 Å². The van der Waals surface area contributed by atoms with Crippen LogP contribution < -0.4 is 5.32 Å². The molecule has 98 valence electrons. The van der Waals surface area contributed by atoms with E-state index in [1.807, 2.05) is 24.3 Å². The van der Waals surface area contributed by atoms with Crippen LogP contribution in [0.2, 0.25) is 5.02 Å². The van der Waals surface area contributed by atoms with Gasteiger partial charge in [0, 0.05) is 44.4 Å². The van der Waals surface area contributed by atoms with Gasteiger partial charge in [0.2, 0.25) is 0 Å². The molecule has 2 aromatic heterocycles. The number of hydrogen-bond donors (Lipinski definition) is 2. The number of nitrogens with one attached hydrogen (secondary N) is 2. The van der Waals surface area contributed by atoms with Crippen molar-refractivity contribution in [3.8, 4) is 0 Å². The molecule has 0 bridgehead atoms. The average molecular weight is 356 g/mol. The standard InChI is InChI=1S/C14H12BrClN2S/c15-9-5-10(19-8-9)6-17-7-13-14(16)11-3-1-2-4-12(11)18-13/h1-5,8,17-18H,6-7H2. The van der Waals surface area contributed by atoms with E-state index >= 15 is 0 Å². The van der Waals surface area contributed by atoms with Crippen molar-refractivity contribution in [3.05, 3.63) is 55.8 Å². The lowest BCUT2D eigenvalue weighted by Crippen LogP contribution is -2.12. The van der Waals surface area contributed by atoms with Gasteiger partial charge in [-0.15, -0.1) is 11.3 Å². The molecule has 5 heteroatoms. The van der Waals surface area contributed by atoms with Crippen LogP contribution in [-0.2, 0) is 13.1 Å². The maximum Gasteiger partial charge on any atom is 0.0705 e. The van der Waals surface area contributed by atoms with Crippen LogP contribution >= 0.6 is 38.9 Å². The molecule has 0 unspecified atom stereocenters. The van der Waals surface area contributed by atoms with Crippen LogP contribution in [-0.4, -0.2) is 4.98 Å². The Morgan fingerprint density at radius 3 is 2.84 bits per heavy atom. The van der Waals surface area contributed by atoms with Gasteiger partial charge < -0.3 is 10.3 Å². The molecule has 2 heterocycles. The summed E-state index contributed by atoms with van der Waals surface area (Å²) in [6.45, 7) is 1.59. The Bertz CT molecular complexity index is 704. The van der Waals surface area contributed by atoms with Crippen molar-refractivity contribution >= 4 is 49.8 Å². The number of aromatic nitrogens is 1. The second-order valence-corrected chi connectivity index (χ2v) is 6.59. The van der Waals surface area contributed by atoms with Crippen LogP contribution in [0.15, 0.2) is 40.2 Å². The SMILES string of the molecule is Clc1c(CNCc2cc(Br)cs2)[nH]c2ccccc12. The summed E-state index contributed by atoms with van der Waals surface area (Å²) in [5.41, 5.74) is 2.13. The molecular weight excluding hydrogens is 344 g/mol. The van der Waals surface area contributed by atoms with Crippen LogP contribution in [0.1, 0.15) is 10.6 Å². The highest BCUT2D eigenvalue weighted by molar-refractivity contribution is 9.10. The van der Waals surface area contributed by atoms with E-state index in [0.717, 1.165) is 39.2 Å². The smallest absolute Gasteiger partial charge is 0.0705 e. The predicted octanol–water partition coefficient (Wildman–Crippen LogP) is 4.94. The van der Waals surface area contributed by atoms with E-state index in [-0.39, 0.29) is 0 Å². The topological polar surface area (TPSA) is 27.8 Å². The highest BCUT2D eigenvalue weighted by Gasteiger charge is 2.08. The summed E-state index contributed by atoms with van der Waals surface area (Å²) in [5.74, 6) is 0. The number of halogens is 2. The second-order valence-electron chi connectivity index (χ2n) is 4.30. The first-order valence-corrected chi connectivity index (χ1v) is 7.98. The molecule has 0 aliphatic rings. The molecule has 0 radical (unpaired) electrons. The molecule has 0 saturated carbocycles. The lowest BCUT2D eigenvalue weighted by molar-refractivity contribution is 0.691. The van der Waals surface area contributed by atoms with Crippen LogP contribution in [0, 0.1) is 0 Å². The molecule has 0 spiro atoms. The van der Waals surface area contributed by atoms with E-state index < -0.39 is 0 Å². The molecule has 0 aliphatic carbocycles. The van der Waals surface area contributed by atoms with Gasteiger partial charge in [0.25, 0.3) is 0 Å². The maximum atomic E-state index is 6.37. The minimum Gasteiger partial charge on any atom is -0.356 e. The Morgan fingerprint density at radius 2 is 2.11 bits per heavy atom. The van der Waals surface area contributed by atoms with Gasteiger partial charge in [-0.1, -0.05) is 29.8 Å². The van der Waals surface area contributed by atoms with Crippen molar-refractivity contribution < 1.29 is 0 Å². The Kier molecular flexibility index (Phi) is 3.93. The number of thiophene rings is 1. The minimum atomic E-state index is 0.739. The maximum absolute atomic E-state index is 6.37. The molecule has 0 atom stereocenters. The third-order valence-electron chi connectivity index (χ3n) is 2.94. The largest absolute Gasteiger partial charge is 0.356 e. The highest BCUT2D eigenvalue weighted by Crippen LogP contribution is 2.27. The normalized spacial score (nSPS) is 11.3. The predicted molar refractivity (Wildman–Crippen MR) is 85.9 cm³/mol. The molecule has 19 heavy (non-hydrogen) atoms. The van der Waals surface area contributed by atoms with Gasteiger partial charge in [0.05, 0.1) is 5.02 Å². The summed E-state index contributed by atoms with van der Waals surface area (Å²) in [7, 11) is 0. The molecule has 3 rings (SSSR count). The molecular formula is C14H12BrClN2S. The number of benzene rings is 1. The summed E-state index contributed by atoms with van der Waals surface area (Å²) in [4.78, 5) is 4.66. The monoisotopic (exact) mass is 354 g/mol. The van der Waals surface area contributed by atoms with Gasteiger partial charge >= 0.3 is 0 Å². The van der Waals surface area contributed by atoms with Gasteiger partial charge in [-0.05, 0) is 28.1 Å². The summed E-state index contributed by atoms with van der Waals surface area (Å²) in [5, 5.41) is 7.40. The van der Waals surface area contributed by atoms with Gasteiger partial charge in [-0.2, -0.15) is 0 Å². The van der Waals surface area contributed by atoms with Gasteiger partial charge in [0.1, 0.15) is 0 Å². The van der Waals surface area contributed by atoms with Crippen molar-refractivity contribution in [1.82, 2.24) is 10.3 Å². The molecule has 3 aromatic rings. The molecule has 1 aromatic carbocycles. The third kappa shape index (κ3) is 2.87. The van der Waals surface area contributed by atoms with E-state index in [1.54, 1.807) is 11.3 Å². The zero-order valence-electron chi connectivity index (χ0n) is 10.0. The fraction of sp³-hybridized carbons (Fsp3) is 0.143. The van der Waals surface area contributed by atoms with E-state index in [4.69, 9.17) is 11.6 Å². The fourth-order valence-corrected chi connectivity index (χ4v) is 3.74. The summed E-state index contributed by atoms with van der Waals surface area (Å²) in [6, 6.07) is 10.2. The van der Waals surface area contributed by atoms with Crippen molar-refractivity contribution in [2.45, 2.75) is 13.1 Å². The lowest BCUT2D eigenvalue weighted by Gasteiger charge is -2.01. The lowest BCUT2D eigenvalue weighted by atomic mass is 10.2. The van der Waals surface area contributed by atoms with Gasteiger partial charge in [-0.3, -0.25) is 0 Å². The van der Waals surface area contributed by atoms with Crippen LogP contribution in [0.25, 0.3) is 10.9 Å². The van der Waals surface area contributed by atoms with E-state index in [0.29, 0.717) is 0 Å². The third-order valence-corrected chi connectivity index (χ3v) is 5.07. The quantitative estimate of drug-likeness (QED) is 0.682.